The zero-order valence-corrected chi connectivity index (χ0v) is 30.0. The van der Waals surface area contributed by atoms with Crippen molar-refractivity contribution < 1.29 is 37.4 Å². The molecule has 0 aliphatic carbocycles. The maximum Gasteiger partial charge on any atom is 0.418 e. The number of amides is 2. The summed E-state index contributed by atoms with van der Waals surface area (Å²) in [6.07, 6.45) is -1.50. The first-order valence-corrected chi connectivity index (χ1v) is 18.3. The Hall–Kier alpha value is -4.50. The van der Waals surface area contributed by atoms with E-state index in [4.69, 9.17) is 27.2 Å². The van der Waals surface area contributed by atoms with Crippen molar-refractivity contribution in [1.29, 1.82) is 0 Å². The van der Waals surface area contributed by atoms with Gasteiger partial charge in [-0.1, -0.05) is 41.9 Å². The Morgan fingerprint density at radius 3 is 2.13 bits per heavy atom. The lowest BCUT2D eigenvalue weighted by Crippen LogP contribution is -2.49. The highest BCUT2D eigenvalue weighted by Crippen LogP contribution is 2.39. The van der Waals surface area contributed by atoms with Crippen LogP contribution in [0.25, 0.3) is 11.3 Å². The molecule has 286 valence electrons. The van der Waals surface area contributed by atoms with E-state index >= 15 is 0 Å². The molecule has 2 amide bonds. The van der Waals surface area contributed by atoms with E-state index in [1.165, 1.54) is 11.0 Å². The maximum absolute atomic E-state index is 14.0. The minimum Gasteiger partial charge on any atom is -0.480 e. The van der Waals surface area contributed by atoms with Gasteiger partial charge in [0.25, 0.3) is 5.91 Å². The Kier molecular flexibility index (Phi) is 11.7. The van der Waals surface area contributed by atoms with Gasteiger partial charge in [0, 0.05) is 44.8 Å². The predicted octanol–water partition coefficient (Wildman–Crippen LogP) is 5.52. The lowest BCUT2D eigenvalue weighted by molar-refractivity contribution is -0.142. The number of imidazole rings is 1. The van der Waals surface area contributed by atoms with Crippen LogP contribution in [0.4, 0.5) is 23.7 Å². The van der Waals surface area contributed by atoms with Crippen LogP contribution in [0.15, 0.2) is 53.5 Å². The highest BCUT2D eigenvalue weighted by Gasteiger charge is 2.38. The largest absolute Gasteiger partial charge is 0.480 e. The summed E-state index contributed by atoms with van der Waals surface area (Å²) >= 11 is 6.10. The van der Waals surface area contributed by atoms with Crippen molar-refractivity contribution in [2.75, 3.05) is 51.5 Å². The summed E-state index contributed by atoms with van der Waals surface area (Å²) in [6.45, 7) is 2.69. The van der Waals surface area contributed by atoms with Gasteiger partial charge in [-0.15, -0.1) is 0 Å². The molecule has 2 aromatic carbocycles. The number of nitrogens with one attached hydrogen (secondary N) is 1. The summed E-state index contributed by atoms with van der Waals surface area (Å²) in [5.41, 5.74) is 5.22. The number of rotatable bonds is 9. The van der Waals surface area contributed by atoms with Gasteiger partial charge in [0.2, 0.25) is 0 Å². The molecule has 53 heavy (non-hydrogen) atoms. The maximum atomic E-state index is 14.0. The van der Waals surface area contributed by atoms with E-state index in [9.17, 15) is 32.3 Å². The molecule has 3 aromatic rings. The minimum atomic E-state index is -4.79. The molecule has 4 heterocycles. The van der Waals surface area contributed by atoms with Crippen molar-refractivity contribution in [3.8, 4) is 11.3 Å². The fraction of sp³-hybridized carbons (Fsp3) is 0.514. The number of carboxylic acid groups (broad SMARTS) is 1. The highest BCUT2D eigenvalue weighted by molar-refractivity contribution is 6.33. The Bertz CT molecular complexity index is 1830. The third-order valence-electron chi connectivity index (χ3n) is 10.9. The van der Waals surface area contributed by atoms with E-state index in [0.717, 1.165) is 24.5 Å². The molecule has 0 radical (unpaired) electrons. The van der Waals surface area contributed by atoms with Crippen LogP contribution >= 0.6 is 11.6 Å². The number of aromatic amines is 1. The van der Waals surface area contributed by atoms with Crippen LogP contribution in [0.3, 0.4) is 0 Å². The summed E-state index contributed by atoms with van der Waals surface area (Å²) in [5, 5.41) is 8.79. The van der Waals surface area contributed by atoms with E-state index in [0.29, 0.717) is 69.4 Å². The first kappa shape index (κ1) is 38.2. The second-order valence-electron chi connectivity index (χ2n) is 14.2. The third-order valence-corrected chi connectivity index (χ3v) is 11.2. The number of likely N-dealkylation sites (tertiary alicyclic amines) is 3. The lowest BCUT2D eigenvalue weighted by Gasteiger charge is -2.40. The van der Waals surface area contributed by atoms with Gasteiger partial charge in [0.15, 0.2) is 6.10 Å². The average Bonchev–Trinajstić information content (AvgIpc) is 3.54. The van der Waals surface area contributed by atoms with Crippen molar-refractivity contribution in [2.24, 2.45) is 11.8 Å². The van der Waals surface area contributed by atoms with Gasteiger partial charge in [-0.25, -0.2) is 9.59 Å². The number of hydrogen-bond donors (Lipinski definition) is 3. The molecule has 6 rings (SSSR count). The number of carbonyl (C=O) groups is 3. The van der Waals surface area contributed by atoms with Crippen LogP contribution in [0.5, 0.6) is 0 Å². The number of hydrogen-bond acceptors (Lipinski definition) is 7. The Balaban J connectivity index is 1.12. The first-order valence-electron chi connectivity index (χ1n) is 18.0. The molecule has 0 bridgehead atoms. The number of aromatic nitrogens is 2. The zero-order chi connectivity index (χ0) is 37.9. The molecule has 3 fully saturated rings. The first-order chi connectivity index (χ1) is 25.3. The monoisotopic (exact) mass is 760 g/mol. The van der Waals surface area contributed by atoms with Crippen molar-refractivity contribution >= 4 is 35.3 Å². The van der Waals surface area contributed by atoms with Crippen molar-refractivity contribution in [3.63, 3.8) is 0 Å². The molecular weight excluding hydrogens is 717 g/mol. The summed E-state index contributed by atoms with van der Waals surface area (Å²) in [4.78, 5) is 59.4. The number of ether oxygens (including phenoxy) is 1. The minimum absolute atomic E-state index is 0.0179. The summed E-state index contributed by atoms with van der Waals surface area (Å²) in [5.74, 6) is -0.609. The number of nitrogens with zero attached hydrogens (tertiary/aromatic N) is 4. The number of carboxylic acids is 1. The SMILES string of the molecule is Nc1c(Cl)cc(C[C@@H](OC(=O)N2CCC(n3cc(-c4ccccc4)[nH]c3=O)CC2)C(=O)N2CCC(C3CCN(CC(=O)O)CC3)CC2)cc1C(F)(F)F. The van der Waals surface area contributed by atoms with E-state index in [1.54, 1.807) is 15.7 Å². The number of halogens is 4. The topological polar surface area (TPSA) is 154 Å². The van der Waals surface area contributed by atoms with Gasteiger partial charge >= 0.3 is 23.9 Å². The molecule has 0 saturated carbocycles. The Labute approximate surface area is 309 Å². The Morgan fingerprint density at radius 1 is 0.925 bits per heavy atom. The van der Waals surface area contributed by atoms with Crippen LogP contribution in [0, 0.1) is 11.8 Å². The van der Waals surface area contributed by atoms with Crippen LogP contribution in [0.1, 0.15) is 55.7 Å². The van der Waals surface area contributed by atoms with Gasteiger partial charge in [0.05, 0.1) is 28.5 Å². The fourth-order valence-corrected chi connectivity index (χ4v) is 8.20. The number of nitrogen functional groups attached to an aromatic ring is 1. The van der Waals surface area contributed by atoms with Crippen molar-refractivity contribution in [1.82, 2.24) is 24.3 Å². The van der Waals surface area contributed by atoms with E-state index < -0.39 is 41.5 Å². The van der Waals surface area contributed by atoms with Gasteiger partial charge in [-0.2, -0.15) is 13.2 Å². The second-order valence-corrected chi connectivity index (χ2v) is 14.7. The van der Waals surface area contributed by atoms with Gasteiger partial charge < -0.3 is 30.4 Å². The van der Waals surface area contributed by atoms with Gasteiger partial charge in [-0.05, 0) is 86.7 Å². The number of alkyl halides is 3. The highest BCUT2D eigenvalue weighted by atomic mass is 35.5. The second kappa shape index (κ2) is 16.3. The van der Waals surface area contributed by atoms with Crippen LogP contribution in [-0.4, -0.2) is 99.2 Å². The summed E-state index contributed by atoms with van der Waals surface area (Å²) < 4.78 is 48.9. The predicted molar refractivity (Wildman–Crippen MR) is 191 cm³/mol. The Morgan fingerprint density at radius 2 is 1.53 bits per heavy atom. The number of anilines is 1. The number of nitrogens with two attached hydrogens (primary N) is 1. The number of benzene rings is 2. The molecule has 3 aliphatic rings. The molecule has 12 nitrogen and oxygen atoms in total. The summed E-state index contributed by atoms with van der Waals surface area (Å²) in [7, 11) is 0. The van der Waals surface area contributed by atoms with Crippen molar-refractivity contribution in [2.45, 2.75) is 63.3 Å². The zero-order valence-electron chi connectivity index (χ0n) is 29.2. The van der Waals surface area contributed by atoms with Crippen LogP contribution < -0.4 is 11.4 Å². The molecule has 1 atom stereocenters. The molecule has 1 aromatic heterocycles. The average molecular weight is 761 g/mol. The third kappa shape index (κ3) is 9.18. The molecule has 16 heteroatoms. The van der Waals surface area contributed by atoms with E-state index in [1.807, 2.05) is 35.2 Å². The normalized spacial score (nSPS) is 18.9. The van der Waals surface area contributed by atoms with E-state index in [2.05, 4.69) is 4.98 Å². The quantitative estimate of drug-likeness (QED) is 0.241. The van der Waals surface area contributed by atoms with E-state index in [-0.39, 0.29) is 48.4 Å². The summed E-state index contributed by atoms with van der Waals surface area (Å²) in [6, 6.07) is 11.3. The number of aliphatic carboxylic acids is 1. The number of H-pyrrole nitrogens is 1. The molecule has 3 aliphatic heterocycles. The fourth-order valence-electron chi connectivity index (χ4n) is 7.96. The van der Waals surface area contributed by atoms with Crippen LogP contribution in [-0.2, 0) is 26.9 Å². The molecule has 0 unspecified atom stereocenters. The van der Waals surface area contributed by atoms with Gasteiger partial charge in [-0.3, -0.25) is 19.1 Å². The van der Waals surface area contributed by atoms with Gasteiger partial charge in [0.1, 0.15) is 0 Å². The molecule has 4 N–H and O–H groups in total. The number of piperidine rings is 3. The molecule has 0 spiro atoms. The number of carbonyl (C=O) groups excluding carboxylic acids is 2. The standard InChI is InChI=1S/C37H44ClF3N6O6/c38-29-19-23(18-28(33(29)42)37(39,40)41)20-31(34(50)45-14-8-25(9-15-45)24-6-12-44(13-7-24)22-32(48)49)53-36(52)46-16-10-27(11-17-46)47-21-30(43-35(47)51)26-4-2-1-3-5-26/h1-5,18-19,21,24-25,27,31H,6-17,20,22,42H2,(H,43,51)(H,48,49)/t31-/m1/s1. The lowest BCUT2D eigenvalue weighted by atomic mass is 9.78. The van der Waals surface area contributed by atoms with Crippen molar-refractivity contribution in [3.05, 3.63) is 75.3 Å². The molecule has 3 saturated heterocycles. The smallest absolute Gasteiger partial charge is 0.418 e. The van der Waals surface area contributed by atoms with Crippen LogP contribution in [0.2, 0.25) is 5.02 Å². The molecular formula is C37H44ClF3N6O6.